The fraction of sp³-hybridized carbons (Fsp3) is 0.267. The minimum absolute atomic E-state index is 0.655. The predicted molar refractivity (Wildman–Crippen MR) is 76.5 cm³/mol. The van der Waals surface area contributed by atoms with Gasteiger partial charge in [0.25, 0.3) is 0 Å². The van der Waals surface area contributed by atoms with Gasteiger partial charge in [0.05, 0.1) is 17.5 Å². The largest absolute Gasteiger partial charge is 0.477 e. The maximum Gasteiger partial charge on any atom is 0.224 e. The van der Waals surface area contributed by atoms with Gasteiger partial charge in [0.15, 0.2) is 0 Å². The number of hydrogen-bond acceptors (Lipinski definition) is 4. The molecule has 5 nitrogen and oxygen atoms in total. The topological polar surface area (TPSA) is 52.8 Å². The van der Waals surface area contributed by atoms with Crippen molar-refractivity contribution in [1.82, 2.24) is 19.7 Å². The molecule has 0 N–H and O–H groups in total. The van der Waals surface area contributed by atoms with Crippen LogP contribution in [0.1, 0.15) is 12.8 Å². The minimum atomic E-state index is 0.655. The summed E-state index contributed by atoms with van der Waals surface area (Å²) in [5.41, 5.74) is 0.911. The summed E-state index contributed by atoms with van der Waals surface area (Å²) in [6.45, 7) is 1.57. The van der Waals surface area contributed by atoms with Gasteiger partial charge in [0.1, 0.15) is 6.33 Å². The van der Waals surface area contributed by atoms with Gasteiger partial charge < -0.3 is 4.74 Å². The summed E-state index contributed by atoms with van der Waals surface area (Å²) < 4.78 is 7.69. The highest BCUT2D eigenvalue weighted by Crippen LogP contribution is 2.20. The van der Waals surface area contributed by atoms with Crippen LogP contribution in [0, 0.1) is 0 Å². The van der Waals surface area contributed by atoms with Gasteiger partial charge in [-0.25, -0.2) is 9.97 Å². The van der Waals surface area contributed by atoms with Crippen LogP contribution in [-0.2, 0) is 6.54 Å². The zero-order chi connectivity index (χ0) is 13.6. The number of para-hydroxylation sites is 1. The van der Waals surface area contributed by atoms with Crippen molar-refractivity contribution in [2.24, 2.45) is 0 Å². The van der Waals surface area contributed by atoms with Crippen LogP contribution >= 0.6 is 0 Å². The quantitative estimate of drug-likeness (QED) is 0.645. The molecule has 20 heavy (non-hydrogen) atoms. The Kier molecular flexibility index (Phi) is 3.87. The van der Waals surface area contributed by atoms with Gasteiger partial charge in [0.2, 0.25) is 5.88 Å². The molecule has 0 saturated carbocycles. The van der Waals surface area contributed by atoms with E-state index in [1.165, 1.54) is 0 Å². The number of unbranched alkanes of at least 4 members (excludes halogenated alkanes) is 1. The Bertz CT molecular complexity index is 661. The first kappa shape index (κ1) is 12.6. The minimum Gasteiger partial charge on any atom is -0.477 e. The van der Waals surface area contributed by atoms with Crippen molar-refractivity contribution in [3.05, 3.63) is 49.1 Å². The van der Waals surface area contributed by atoms with E-state index in [1.54, 1.807) is 12.5 Å². The van der Waals surface area contributed by atoms with E-state index >= 15 is 0 Å². The molecular weight excluding hydrogens is 252 g/mol. The van der Waals surface area contributed by atoms with Gasteiger partial charge in [0, 0.05) is 18.9 Å². The lowest BCUT2D eigenvalue weighted by Gasteiger charge is -2.07. The van der Waals surface area contributed by atoms with Gasteiger partial charge in [-0.05, 0) is 31.0 Å². The van der Waals surface area contributed by atoms with Crippen molar-refractivity contribution in [3.8, 4) is 5.88 Å². The summed E-state index contributed by atoms with van der Waals surface area (Å²) in [5, 5.41) is 5.13. The molecule has 0 amide bonds. The van der Waals surface area contributed by atoms with Gasteiger partial charge >= 0.3 is 0 Å². The van der Waals surface area contributed by atoms with Gasteiger partial charge in [-0.3, -0.25) is 4.68 Å². The fourth-order valence-corrected chi connectivity index (χ4v) is 2.07. The van der Waals surface area contributed by atoms with Crippen molar-refractivity contribution in [1.29, 1.82) is 0 Å². The van der Waals surface area contributed by atoms with E-state index in [2.05, 4.69) is 15.1 Å². The lowest BCUT2D eigenvalue weighted by Crippen LogP contribution is -2.03. The molecule has 1 aromatic carbocycles. The first-order valence-corrected chi connectivity index (χ1v) is 6.73. The maximum atomic E-state index is 5.76. The van der Waals surface area contributed by atoms with Crippen molar-refractivity contribution >= 4 is 10.9 Å². The molecule has 0 aliphatic rings. The Morgan fingerprint density at radius 3 is 2.90 bits per heavy atom. The van der Waals surface area contributed by atoms with E-state index in [0.717, 1.165) is 30.3 Å². The lowest BCUT2D eigenvalue weighted by molar-refractivity contribution is 0.294. The number of nitrogens with zero attached hydrogens (tertiary/aromatic N) is 4. The van der Waals surface area contributed by atoms with Crippen LogP contribution in [0.4, 0.5) is 0 Å². The van der Waals surface area contributed by atoms with E-state index in [4.69, 9.17) is 4.74 Å². The Balaban J connectivity index is 1.52. The number of aryl methyl sites for hydroxylation is 1. The second-order valence-corrected chi connectivity index (χ2v) is 4.52. The molecular formula is C15H16N4O. The average Bonchev–Trinajstić information content (AvgIpc) is 3.00. The zero-order valence-electron chi connectivity index (χ0n) is 11.1. The van der Waals surface area contributed by atoms with E-state index in [0.29, 0.717) is 12.5 Å². The summed E-state index contributed by atoms with van der Waals surface area (Å²) in [6.07, 6.45) is 7.31. The molecule has 0 fully saturated rings. The molecule has 0 aliphatic heterocycles. The summed E-state index contributed by atoms with van der Waals surface area (Å²) >= 11 is 0. The number of aromatic nitrogens is 4. The van der Waals surface area contributed by atoms with Crippen LogP contribution < -0.4 is 4.74 Å². The van der Waals surface area contributed by atoms with Crippen LogP contribution in [0.2, 0.25) is 0 Å². The molecule has 3 rings (SSSR count). The smallest absolute Gasteiger partial charge is 0.224 e. The van der Waals surface area contributed by atoms with Crippen molar-refractivity contribution in [2.75, 3.05) is 6.61 Å². The van der Waals surface area contributed by atoms with Crippen LogP contribution in [-0.4, -0.2) is 26.4 Å². The standard InChI is InChI=1S/C15H16N4O/c1-2-7-14-13(6-1)15(17-12-16-14)20-11-4-3-9-19-10-5-8-18-19/h1-2,5-8,10,12H,3-4,9,11H2. The first-order chi connectivity index (χ1) is 9.93. The number of rotatable bonds is 6. The molecule has 0 spiro atoms. The Labute approximate surface area is 117 Å². The molecule has 102 valence electrons. The lowest BCUT2D eigenvalue weighted by atomic mass is 10.2. The molecule has 2 aromatic heterocycles. The van der Waals surface area contributed by atoms with E-state index in [1.807, 2.05) is 41.2 Å². The average molecular weight is 268 g/mol. The highest BCUT2D eigenvalue weighted by atomic mass is 16.5. The summed E-state index contributed by atoms with van der Waals surface area (Å²) in [5.74, 6) is 0.662. The second-order valence-electron chi connectivity index (χ2n) is 4.52. The third kappa shape index (κ3) is 2.93. The van der Waals surface area contributed by atoms with E-state index in [9.17, 15) is 0 Å². The molecule has 5 heteroatoms. The third-order valence-corrected chi connectivity index (χ3v) is 3.09. The van der Waals surface area contributed by atoms with Gasteiger partial charge in [-0.15, -0.1) is 0 Å². The first-order valence-electron chi connectivity index (χ1n) is 6.73. The van der Waals surface area contributed by atoms with E-state index in [-0.39, 0.29) is 0 Å². The summed E-state index contributed by atoms with van der Waals surface area (Å²) in [6, 6.07) is 9.80. The molecule has 0 saturated heterocycles. The van der Waals surface area contributed by atoms with Crippen LogP contribution in [0.3, 0.4) is 0 Å². The molecule has 0 bridgehead atoms. The van der Waals surface area contributed by atoms with Gasteiger partial charge in [-0.1, -0.05) is 12.1 Å². The second kappa shape index (κ2) is 6.14. The highest BCUT2D eigenvalue weighted by molar-refractivity contribution is 5.82. The number of benzene rings is 1. The normalized spacial score (nSPS) is 10.8. The molecule has 0 unspecified atom stereocenters. The number of hydrogen-bond donors (Lipinski definition) is 0. The maximum absolute atomic E-state index is 5.76. The monoisotopic (exact) mass is 268 g/mol. The number of ether oxygens (including phenoxy) is 1. The van der Waals surface area contributed by atoms with Crippen LogP contribution in [0.5, 0.6) is 5.88 Å². The predicted octanol–water partition coefficient (Wildman–Crippen LogP) is 2.69. The molecule has 0 radical (unpaired) electrons. The van der Waals surface area contributed by atoms with Gasteiger partial charge in [-0.2, -0.15) is 5.10 Å². The Morgan fingerprint density at radius 2 is 2.00 bits per heavy atom. The van der Waals surface area contributed by atoms with Crippen LogP contribution in [0.25, 0.3) is 10.9 Å². The molecule has 0 atom stereocenters. The molecule has 3 aromatic rings. The molecule has 0 aliphatic carbocycles. The Hall–Kier alpha value is -2.43. The molecule has 2 heterocycles. The fourth-order valence-electron chi connectivity index (χ4n) is 2.07. The zero-order valence-corrected chi connectivity index (χ0v) is 11.1. The Morgan fingerprint density at radius 1 is 1.05 bits per heavy atom. The third-order valence-electron chi connectivity index (χ3n) is 3.09. The van der Waals surface area contributed by atoms with Crippen molar-refractivity contribution in [2.45, 2.75) is 19.4 Å². The summed E-state index contributed by atoms with van der Waals surface area (Å²) in [4.78, 5) is 8.42. The van der Waals surface area contributed by atoms with Crippen molar-refractivity contribution < 1.29 is 4.74 Å². The highest BCUT2D eigenvalue weighted by Gasteiger charge is 2.03. The van der Waals surface area contributed by atoms with Crippen molar-refractivity contribution in [3.63, 3.8) is 0 Å². The SMILES string of the molecule is c1ccc2c(OCCCCn3cccn3)ncnc2c1. The van der Waals surface area contributed by atoms with Crippen LogP contribution in [0.15, 0.2) is 49.1 Å². The van der Waals surface area contributed by atoms with E-state index < -0.39 is 0 Å². The summed E-state index contributed by atoms with van der Waals surface area (Å²) in [7, 11) is 0. The number of fused-ring (bicyclic) bond motifs is 1.